The van der Waals surface area contributed by atoms with E-state index in [9.17, 15) is 14.4 Å². The van der Waals surface area contributed by atoms with Crippen molar-refractivity contribution in [3.05, 3.63) is 65.7 Å². The van der Waals surface area contributed by atoms with E-state index in [1.54, 1.807) is 43.5 Å². The van der Waals surface area contributed by atoms with Crippen LogP contribution in [0.3, 0.4) is 0 Å². The Hall–Kier alpha value is -3.61. The van der Waals surface area contributed by atoms with Crippen LogP contribution in [0.2, 0.25) is 0 Å². The molecule has 7 heteroatoms. The van der Waals surface area contributed by atoms with Crippen LogP contribution in [0, 0.1) is 0 Å². The summed E-state index contributed by atoms with van der Waals surface area (Å²) in [5.74, 6) is -0.806. The first-order valence-electron chi connectivity index (χ1n) is 8.13. The van der Waals surface area contributed by atoms with E-state index in [1.807, 2.05) is 12.1 Å². The Morgan fingerprint density at radius 1 is 1.04 bits per heavy atom. The van der Waals surface area contributed by atoms with Gasteiger partial charge in [-0.2, -0.15) is 0 Å². The van der Waals surface area contributed by atoms with Gasteiger partial charge in [0, 0.05) is 13.1 Å². The van der Waals surface area contributed by atoms with E-state index in [0.717, 1.165) is 11.3 Å². The zero-order valence-corrected chi connectivity index (χ0v) is 15.0. The molecule has 0 unspecified atom stereocenters. The molecule has 0 heterocycles. The summed E-state index contributed by atoms with van der Waals surface area (Å²) >= 11 is 0. The zero-order chi connectivity index (χ0) is 19.6. The van der Waals surface area contributed by atoms with Crippen LogP contribution in [-0.4, -0.2) is 38.5 Å². The molecule has 2 rings (SSSR count). The van der Waals surface area contributed by atoms with Gasteiger partial charge in [0.15, 0.2) is 6.61 Å². The fraction of sp³-hybridized carbons (Fsp3) is 0.150. The molecule has 0 bridgehead atoms. The Labute approximate surface area is 157 Å². The molecule has 0 aromatic heterocycles. The monoisotopic (exact) mass is 368 g/mol. The van der Waals surface area contributed by atoms with Gasteiger partial charge < -0.3 is 20.1 Å². The zero-order valence-electron chi connectivity index (χ0n) is 15.0. The molecular formula is C20H20N2O5. The summed E-state index contributed by atoms with van der Waals surface area (Å²) in [6, 6.07) is 13.6. The molecule has 140 valence electrons. The summed E-state index contributed by atoms with van der Waals surface area (Å²) in [4.78, 5) is 35.5. The largest absolute Gasteiger partial charge is 0.497 e. The van der Waals surface area contributed by atoms with Gasteiger partial charge in [-0.25, -0.2) is 4.79 Å². The number of methoxy groups -OCH3 is 1. The van der Waals surface area contributed by atoms with Crippen molar-refractivity contribution in [3.8, 4) is 5.75 Å². The molecule has 0 radical (unpaired) electrons. The minimum atomic E-state index is -0.700. The molecular weight excluding hydrogens is 348 g/mol. The summed E-state index contributed by atoms with van der Waals surface area (Å²) in [7, 11) is 3.02. The molecule has 0 saturated heterocycles. The van der Waals surface area contributed by atoms with E-state index in [0.29, 0.717) is 5.69 Å². The lowest BCUT2D eigenvalue weighted by atomic mass is 10.1. The third kappa shape index (κ3) is 6.00. The van der Waals surface area contributed by atoms with Crippen molar-refractivity contribution in [1.29, 1.82) is 0 Å². The smallest absolute Gasteiger partial charge is 0.340 e. The van der Waals surface area contributed by atoms with Gasteiger partial charge in [0.25, 0.3) is 5.91 Å². The lowest BCUT2D eigenvalue weighted by Crippen LogP contribution is -2.25. The Bertz CT molecular complexity index is 844. The third-order valence-electron chi connectivity index (χ3n) is 3.56. The molecule has 27 heavy (non-hydrogen) atoms. The Balaban J connectivity index is 2.03. The minimum absolute atomic E-state index is 0.160. The fourth-order valence-corrected chi connectivity index (χ4v) is 2.11. The van der Waals surface area contributed by atoms with Crippen LogP contribution in [0.25, 0.3) is 6.08 Å². The second-order valence-corrected chi connectivity index (χ2v) is 5.39. The summed E-state index contributed by atoms with van der Waals surface area (Å²) in [5, 5.41) is 4.99. The predicted molar refractivity (Wildman–Crippen MR) is 101 cm³/mol. The quantitative estimate of drug-likeness (QED) is 0.577. The SMILES string of the molecule is CNC(=O)COC(=O)c1ccccc1NC(=O)/C=C/c1ccc(OC)cc1. The lowest BCUT2D eigenvalue weighted by Gasteiger charge is -2.09. The summed E-state index contributed by atoms with van der Waals surface area (Å²) in [5.41, 5.74) is 1.28. The number of hydrogen-bond acceptors (Lipinski definition) is 5. The number of rotatable bonds is 7. The van der Waals surface area contributed by atoms with E-state index in [2.05, 4.69) is 10.6 Å². The van der Waals surface area contributed by atoms with Crippen molar-refractivity contribution in [3.63, 3.8) is 0 Å². The molecule has 0 atom stereocenters. The summed E-state index contributed by atoms with van der Waals surface area (Å²) in [6.45, 7) is -0.394. The van der Waals surface area contributed by atoms with Gasteiger partial charge in [0.1, 0.15) is 5.75 Å². The van der Waals surface area contributed by atoms with Crippen LogP contribution in [0.1, 0.15) is 15.9 Å². The Morgan fingerprint density at radius 2 is 1.74 bits per heavy atom. The average Bonchev–Trinajstić information content (AvgIpc) is 2.71. The van der Waals surface area contributed by atoms with Crippen LogP contribution in [-0.2, 0) is 14.3 Å². The second kappa shape index (κ2) is 9.76. The molecule has 0 aliphatic rings. The molecule has 0 fully saturated rings. The van der Waals surface area contributed by atoms with Crippen LogP contribution < -0.4 is 15.4 Å². The first kappa shape index (κ1) is 19.7. The molecule has 7 nitrogen and oxygen atoms in total. The van der Waals surface area contributed by atoms with Gasteiger partial charge in [0.05, 0.1) is 18.4 Å². The van der Waals surface area contributed by atoms with Crippen molar-refractivity contribution < 1.29 is 23.9 Å². The van der Waals surface area contributed by atoms with Crippen LogP contribution in [0.5, 0.6) is 5.75 Å². The summed E-state index contributed by atoms with van der Waals surface area (Å²) < 4.78 is 10.0. The van der Waals surface area contributed by atoms with Gasteiger partial charge >= 0.3 is 5.97 Å². The van der Waals surface area contributed by atoms with Crippen molar-refractivity contribution >= 4 is 29.5 Å². The molecule has 2 aromatic carbocycles. The maximum Gasteiger partial charge on any atom is 0.340 e. The van der Waals surface area contributed by atoms with Crippen LogP contribution >= 0.6 is 0 Å². The first-order valence-corrected chi connectivity index (χ1v) is 8.13. The van der Waals surface area contributed by atoms with Crippen molar-refractivity contribution in [1.82, 2.24) is 5.32 Å². The molecule has 0 aliphatic heterocycles. The number of amides is 2. The molecule has 2 N–H and O–H groups in total. The van der Waals surface area contributed by atoms with Gasteiger partial charge in [0.2, 0.25) is 5.91 Å². The van der Waals surface area contributed by atoms with Crippen LogP contribution in [0.4, 0.5) is 5.69 Å². The number of benzene rings is 2. The van der Waals surface area contributed by atoms with Crippen molar-refractivity contribution in [2.45, 2.75) is 0 Å². The highest BCUT2D eigenvalue weighted by atomic mass is 16.5. The van der Waals surface area contributed by atoms with E-state index in [4.69, 9.17) is 9.47 Å². The number of nitrogens with one attached hydrogen (secondary N) is 2. The standard InChI is InChI=1S/C20H20N2O5/c1-21-19(24)13-27-20(25)16-5-3-4-6-17(16)22-18(23)12-9-14-7-10-15(26-2)11-8-14/h3-12H,13H2,1-2H3,(H,21,24)(H,22,23)/b12-9+. The third-order valence-corrected chi connectivity index (χ3v) is 3.56. The highest BCUT2D eigenvalue weighted by molar-refractivity contribution is 6.06. The number of ether oxygens (including phenoxy) is 2. The van der Waals surface area contributed by atoms with Gasteiger partial charge in [-0.05, 0) is 35.9 Å². The number of carbonyl (C=O) groups is 3. The topological polar surface area (TPSA) is 93.7 Å². The molecule has 0 saturated carbocycles. The van der Waals surface area contributed by atoms with Gasteiger partial charge in [-0.1, -0.05) is 24.3 Å². The highest BCUT2D eigenvalue weighted by Crippen LogP contribution is 2.17. The normalized spacial score (nSPS) is 10.3. The van der Waals surface area contributed by atoms with E-state index < -0.39 is 24.4 Å². The Kier molecular flexibility index (Phi) is 7.13. The lowest BCUT2D eigenvalue weighted by molar-refractivity contribution is -0.123. The maximum absolute atomic E-state index is 12.2. The molecule has 2 aromatic rings. The number of anilines is 1. The fourth-order valence-electron chi connectivity index (χ4n) is 2.11. The number of carbonyl (C=O) groups excluding carboxylic acids is 3. The minimum Gasteiger partial charge on any atom is -0.497 e. The highest BCUT2D eigenvalue weighted by Gasteiger charge is 2.14. The number of para-hydroxylation sites is 1. The van der Waals surface area contributed by atoms with Gasteiger partial charge in [-0.15, -0.1) is 0 Å². The van der Waals surface area contributed by atoms with Gasteiger partial charge in [-0.3, -0.25) is 9.59 Å². The molecule has 0 aliphatic carbocycles. The number of esters is 1. The number of hydrogen-bond donors (Lipinski definition) is 2. The molecule has 0 spiro atoms. The first-order chi connectivity index (χ1) is 13.0. The summed E-state index contributed by atoms with van der Waals surface area (Å²) in [6.07, 6.45) is 3.00. The Morgan fingerprint density at radius 3 is 2.41 bits per heavy atom. The van der Waals surface area contributed by atoms with E-state index >= 15 is 0 Å². The van der Waals surface area contributed by atoms with E-state index in [1.165, 1.54) is 19.2 Å². The average molecular weight is 368 g/mol. The van der Waals surface area contributed by atoms with Crippen molar-refractivity contribution in [2.75, 3.05) is 26.1 Å². The maximum atomic E-state index is 12.2. The number of likely N-dealkylation sites (N-methyl/N-ethyl adjacent to an activating group) is 1. The second-order valence-electron chi connectivity index (χ2n) is 5.39. The molecule has 2 amide bonds. The van der Waals surface area contributed by atoms with Crippen LogP contribution in [0.15, 0.2) is 54.6 Å². The van der Waals surface area contributed by atoms with E-state index in [-0.39, 0.29) is 5.56 Å². The predicted octanol–water partition coefficient (Wildman–Crippen LogP) is 2.25. The van der Waals surface area contributed by atoms with Crippen molar-refractivity contribution in [2.24, 2.45) is 0 Å².